The van der Waals surface area contributed by atoms with Crippen molar-refractivity contribution in [3.8, 4) is 22.3 Å². The van der Waals surface area contributed by atoms with Crippen LogP contribution in [0.2, 0.25) is 12.6 Å². The SMILES string of the molecule is CCCCCC[Si](C)(c1cc2c(-c3ccc(C(C)C)cc3)cccc2[cH-]1)c1cc2c(-c3ccc(C(C)C)cc3)cccc2[cH-]1.[CH3-].[CH3-].[Hf+4]. The molecule has 6 aromatic rings. The van der Waals surface area contributed by atoms with Crippen molar-refractivity contribution in [3.05, 3.63) is 135 Å². The quantitative estimate of drug-likeness (QED) is 0.0695. The van der Waals surface area contributed by atoms with Gasteiger partial charge < -0.3 is 14.9 Å². The molecule has 6 rings (SSSR count). The van der Waals surface area contributed by atoms with Crippen molar-refractivity contribution in [2.45, 2.75) is 84.7 Å². The summed E-state index contributed by atoms with van der Waals surface area (Å²) in [6, 6.07) is 43.7. The van der Waals surface area contributed by atoms with E-state index >= 15 is 0 Å². The Bertz CT molecular complexity index is 1720. The van der Waals surface area contributed by atoms with E-state index in [1.165, 1.54) is 86.7 Å². The van der Waals surface area contributed by atoms with Crippen molar-refractivity contribution in [1.82, 2.24) is 0 Å². The summed E-state index contributed by atoms with van der Waals surface area (Å²) in [6.45, 7) is 14.0. The van der Waals surface area contributed by atoms with Crippen molar-refractivity contribution in [2.75, 3.05) is 0 Å². The molecule has 47 heavy (non-hydrogen) atoms. The van der Waals surface area contributed by atoms with E-state index in [2.05, 4.69) is 150 Å². The molecule has 0 amide bonds. The Morgan fingerprint density at radius 1 is 0.574 bits per heavy atom. The molecule has 0 spiro atoms. The third kappa shape index (κ3) is 7.92. The van der Waals surface area contributed by atoms with E-state index in [0.717, 1.165) is 0 Å². The van der Waals surface area contributed by atoms with E-state index in [-0.39, 0.29) is 40.7 Å². The molecule has 0 atom stereocenters. The molecule has 6 aromatic carbocycles. The van der Waals surface area contributed by atoms with Crippen LogP contribution in [0.25, 0.3) is 43.8 Å². The number of fused-ring (bicyclic) bond motifs is 2. The predicted molar refractivity (Wildman–Crippen MR) is 211 cm³/mol. The molecule has 2 heteroatoms. The maximum atomic E-state index is 2.63. The summed E-state index contributed by atoms with van der Waals surface area (Å²) in [4.78, 5) is 0. The molecule has 0 aromatic heterocycles. The molecular weight excluding hydrogens is 747 g/mol. The molecule has 0 aliphatic heterocycles. The summed E-state index contributed by atoms with van der Waals surface area (Å²) in [5.41, 5.74) is 8.13. The first-order chi connectivity index (χ1) is 21.3. The number of rotatable bonds is 11. The molecule has 0 saturated heterocycles. The van der Waals surface area contributed by atoms with Gasteiger partial charge in [0.15, 0.2) is 0 Å². The van der Waals surface area contributed by atoms with Crippen molar-refractivity contribution in [1.29, 1.82) is 0 Å². The second-order valence-electron chi connectivity index (χ2n) is 13.8. The molecule has 0 nitrogen and oxygen atoms in total. The van der Waals surface area contributed by atoms with Crippen LogP contribution in [0.1, 0.15) is 83.3 Å². The summed E-state index contributed by atoms with van der Waals surface area (Å²) in [7, 11) is -2.01. The van der Waals surface area contributed by atoms with Crippen molar-refractivity contribution >= 4 is 40.0 Å². The van der Waals surface area contributed by atoms with Crippen LogP contribution in [-0.4, -0.2) is 8.07 Å². The van der Waals surface area contributed by atoms with Crippen molar-refractivity contribution in [2.24, 2.45) is 0 Å². The van der Waals surface area contributed by atoms with Crippen LogP contribution >= 0.6 is 0 Å². The van der Waals surface area contributed by atoms with Gasteiger partial charge in [0.2, 0.25) is 0 Å². The summed E-state index contributed by atoms with van der Waals surface area (Å²) >= 11 is 0. The van der Waals surface area contributed by atoms with Gasteiger partial charge in [-0.1, -0.05) is 145 Å². The zero-order valence-electron chi connectivity index (χ0n) is 30.1. The second-order valence-corrected chi connectivity index (χ2v) is 18.1. The standard InChI is InChI=1S/C43H48Si.2CH3.Hf/c1-7-8-9-10-25-44(6,38-26-36-13-11-15-40(42(36)28-38)34-21-17-32(18-22-34)30(2)3)39-27-37-14-12-16-41(43(37)29-39)35-23-19-33(20-24-35)31(4)5;;;/h11-24,26-31H,7-10,25H2,1-6H3;2*1H3;/q-2;2*-1;+4. The van der Waals surface area contributed by atoms with Gasteiger partial charge in [-0.2, -0.15) is 12.1 Å². The Balaban J connectivity index is 0.00000200. The molecule has 0 heterocycles. The largest absolute Gasteiger partial charge is 4.00 e. The van der Waals surface area contributed by atoms with Gasteiger partial charge in [-0.3, -0.25) is 0 Å². The predicted octanol–water partition coefficient (Wildman–Crippen LogP) is 12.7. The number of benzene rings is 4. The first-order valence-electron chi connectivity index (χ1n) is 16.9. The van der Waals surface area contributed by atoms with E-state index in [0.29, 0.717) is 11.8 Å². The fourth-order valence-corrected chi connectivity index (χ4v) is 10.8. The van der Waals surface area contributed by atoms with Gasteiger partial charge >= 0.3 is 25.8 Å². The van der Waals surface area contributed by atoms with Gasteiger partial charge in [0, 0.05) is 0 Å². The Morgan fingerprint density at radius 2 is 1.00 bits per heavy atom. The van der Waals surface area contributed by atoms with Gasteiger partial charge in [0.1, 0.15) is 0 Å². The van der Waals surface area contributed by atoms with Gasteiger partial charge in [-0.15, -0.1) is 68.3 Å². The van der Waals surface area contributed by atoms with Crippen molar-refractivity contribution in [3.63, 3.8) is 0 Å². The van der Waals surface area contributed by atoms with Crippen LogP contribution in [0.5, 0.6) is 0 Å². The first kappa shape index (κ1) is 38.6. The van der Waals surface area contributed by atoms with Crippen LogP contribution in [0.4, 0.5) is 0 Å². The fraction of sp³-hybridized carbons (Fsp3) is 0.289. The molecule has 0 saturated carbocycles. The zero-order chi connectivity index (χ0) is 30.8. The van der Waals surface area contributed by atoms with E-state index < -0.39 is 8.07 Å². The van der Waals surface area contributed by atoms with E-state index in [9.17, 15) is 0 Å². The Labute approximate surface area is 306 Å². The summed E-state index contributed by atoms with van der Waals surface area (Å²) in [5.74, 6) is 1.09. The molecule has 0 N–H and O–H groups in total. The summed E-state index contributed by atoms with van der Waals surface area (Å²) in [6.07, 6.45) is 5.22. The maximum absolute atomic E-state index is 2.63. The van der Waals surface area contributed by atoms with Crippen molar-refractivity contribution < 1.29 is 25.8 Å². The van der Waals surface area contributed by atoms with Crippen LogP contribution in [0.15, 0.2) is 109 Å². The third-order valence-corrected chi connectivity index (χ3v) is 14.6. The number of hydrogen-bond donors (Lipinski definition) is 0. The van der Waals surface area contributed by atoms with E-state index in [4.69, 9.17) is 0 Å². The van der Waals surface area contributed by atoms with Crippen LogP contribution in [0, 0.1) is 14.9 Å². The smallest absolute Gasteiger partial charge is 0.358 e. The minimum absolute atomic E-state index is 0. The maximum Gasteiger partial charge on any atom is 4.00 e. The third-order valence-electron chi connectivity index (χ3n) is 10.1. The van der Waals surface area contributed by atoms with Crippen LogP contribution in [-0.2, 0) is 25.8 Å². The topological polar surface area (TPSA) is 0 Å². The van der Waals surface area contributed by atoms with Gasteiger partial charge in [-0.05, 0) is 34.1 Å². The monoisotopic (exact) mass is 802 g/mol. The van der Waals surface area contributed by atoms with E-state index in [1.807, 2.05) is 0 Å². The summed E-state index contributed by atoms with van der Waals surface area (Å²) < 4.78 is 0. The molecule has 0 aliphatic carbocycles. The number of hydrogen-bond acceptors (Lipinski definition) is 0. The normalized spacial score (nSPS) is 11.5. The minimum Gasteiger partial charge on any atom is -0.358 e. The minimum atomic E-state index is -2.01. The molecule has 0 unspecified atom stereocenters. The second kappa shape index (κ2) is 16.5. The van der Waals surface area contributed by atoms with E-state index in [1.54, 1.807) is 10.4 Å². The number of unbranched alkanes of at least 4 members (excludes halogenated alkanes) is 3. The zero-order valence-corrected chi connectivity index (χ0v) is 34.7. The van der Waals surface area contributed by atoms with Crippen LogP contribution in [0.3, 0.4) is 0 Å². The Hall–Kier alpha value is -2.81. The molecule has 0 bridgehead atoms. The molecular formula is C45H54HfSi. The molecule has 242 valence electrons. The van der Waals surface area contributed by atoms with Gasteiger partial charge in [0.25, 0.3) is 0 Å². The first-order valence-corrected chi connectivity index (χ1v) is 19.6. The molecule has 0 aliphatic rings. The Morgan fingerprint density at radius 3 is 1.38 bits per heavy atom. The molecule has 0 fully saturated rings. The van der Waals surface area contributed by atoms with Gasteiger partial charge in [0.05, 0.1) is 8.07 Å². The fourth-order valence-electron chi connectivity index (χ4n) is 7.07. The molecule has 0 radical (unpaired) electrons. The Kier molecular flexibility index (Phi) is 13.6. The average molecular weight is 802 g/mol. The van der Waals surface area contributed by atoms with Gasteiger partial charge in [-0.25, -0.2) is 0 Å². The van der Waals surface area contributed by atoms with Crippen LogP contribution < -0.4 is 10.4 Å². The average Bonchev–Trinajstić information content (AvgIpc) is 3.69. The summed E-state index contributed by atoms with van der Waals surface area (Å²) in [5, 5.41) is 8.70.